The molecule has 0 aliphatic rings. The molecule has 22 valence electrons. The SMILES string of the molecule is O.[AlH3].[Ti].[Zr]. The van der Waals surface area contributed by atoms with E-state index in [-0.39, 0.29) is 70.8 Å². The van der Waals surface area contributed by atoms with Gasteiger partial charge in [-0.2, -0.15) is 0 Å². The van der Waals surface area contributed by atoms with Gasteiger partial charge in [-0.3, -0.25) is 0 Å². The third-order valence-electron chi connectivity index (χ3n) is 0. The second-order valence-electron chi connectivity index (χ2n) is 0. The van der Waals surface area contributed by atoms with E-state index in [2.05, 4.69) is 0 Å². The van der Waals surface area contributed by atoms with Crippen LogP contribution in [0.25, 0.3) is 0 Å². The predicted octanol–water partition coefficient (Wildman–Crippen LogP) is -2.01. The van der Waals surface area contributed by atoms with Crippen LogP contribution in [0.5, 0.6) is 0 Å². The summed E-state index contributed by atoms with van der Waals surface area (Å²) in [4.78, 5) is 0. The van der Waals surface area contributed by atoms with E-state index < -0.39 is 0 Å². The third-order valence-corrected chi connectivity index (χ3v) is 0. The van der Waals surface area contributed by atoms with Crippen molar-refractivity contribution >= 4 is 17.4 Å². The Morgan fingerprint density at radius 1 is 1.00 bits per heavy atom. The summed E-state index contributed by atoms with van der Waals surface area (Å²) in [5.74, 6) is 0. The molecule has 0 atom stereocenters. The Bertz CT molecular complexity index is 8.00. The molecule has 2 N–H and O–H groups in total. The van der Waals surface area contributed by atoms with Gasteiger partial charge in [0.25, 0.3) is 0 Å². The quantitative estimate of drug-likeness (QED) is 0.392. The molecule has 0 amide bonds. The van der Waals surface area contributed by atoms with Crippen LogP contribution in [0.1, 0.15) is 0 Å². The monoisotopic (exact) mass is 186 g/mol. The standard InChI is InChI=1S/Al.H2O.Ti.Zr.3H/h;1H2;;;;;. The first-order chi connectivity index (χ1) is 0. The molecule has 4 heteroatoms. The van der Waals surface area contributed by atoms with Crippen molar-refractivity contribution < 1.29 is 53.4 Å². The second kappa shape index (κ2) is 19.5. The molecule has 0 bridgehead atoms. The summed E-state index contributed by atoms with van der Waals surface area (Å²) < 4.78 is 0. The zero-order chi connectivity index (χ0) is 0. The van der Waals surface area contributed by atoms with E-state index in [1.54, 1.807) is 0 Å². The van der Waals surface area contributed by atoms with Crippen LogP contribution in [0.4, 0.5) is 0 Å². The third kappa shape index (κ3) is 8.94. The summed E-state index contributed by atoms with van der Waals surface area (Å²) in [6.07, 6.45) is 0. The van der Waals surface area contributed by atoms with Crippen molar-refractivity contribution in [2.45, 2.75) is 0 Å². The molecule has 4 heavy (non-hydrogen) atoms. The largest absolute Gasteiger partial charge is 0.412 e. The van der Waals surface area contributed by atoms with Crippen molar-refractivity contribution in [1.82, 2.24) is 0 Å². The van der Waals surface area contributed by atoms with Crippen LogP contribution in [-0.4, -0.2) is 22.8 Å². The van der Waals surface area contributed by atoms with E-state index in [1.165, 1.54) is 0 Å². The van der Waals surface area contributed by atoms with Gasteiger partial charge in [-0.15, -0.1) is 0 Å². The van der Waals surface area contributed by atoms with E-state index in [0.29, 0.717) is 0 Å². The molecule has 0 heterocycles. The van der Waals surface area contributed by atoms with Crippen LogP contribution in [0, 0.1) is 0 Å². The van der Waals surface area contributed by atoms with Crippen LogP contribution < -0.4 is 0 Å². The van der Waals surface area contributed by atoms with Crippen molar-refractivity contribution in [3.8, 4) is 0 Å². The fourth-order valence-corrected chi connectivity index (χ4v) is 0. The number of hydrogen-bond donors (Lipinski definition) is 0. The van der Waals surface area contributed by atoms with Crippen LogP contribution in [0.2, 0.25) is 0 Å². The molecule has 0 radical (unpaired) electrons. The van der Waals surface area contributed by atoms with Crippen LogP contribution in [0.15, 0.2) is 0 Å². The van der Waals surface area contributed by atoms with Gasteiger partial charge in [-0.25, -0.2) is 0 Å². The van der Waals surface area contributed by atoms with E-state index in [0.717, 1.165) is 0 Å². The van der Waals surface area contributed by atoms with Gasteiger partial charge in [0.05, 0.1) is 0 Å². The zero-order valence-electron chi connectivity index (χ0n) is 1.50. The Labute approximate surface area is 70.0 Å². The first kappa shape index (κ1) is 36.1. The van der Waals surface area contributed by atoms with E-state index in [9.17, 15) is 0 Å². The van der Waals surface area contributed by atoms with Gasteiger partial charge in [0.15, 0.2) is 17.4 Å². The smallest absolute Gasteiger partial charge is 0.187 e. The Balaban J connectivity index is 0. The minimum absolute atomic E-state index is 0. The van der Waals surface area contributed by atoms with Crippen molar-refractivity contribution in [3.63, 3.8) is 0 Å². The average molecular weight is 187 g/mol. The van der Waals surface area contributed by atoms with Crippen molar-refractivity contribution in [3.05, 3.63) is 0 Å². The summed E-state index contributed by atoms with van der Waals surface area (Å²) in [7, 11) is 0. The molecule has 0 aliphatic heterocycles. The zero-order valence-corrected chi connectivity index (χ0v) is 5.52. The van der Waals surface area contributed by atoms with Gasteiger partial charge < -0.3 is 5.48 Å². The molecule has 0 unspecified atom stereocenters. The molecular formula is H5AlOTiZr. The summed E-state index contributed by atoms with van der Waals surface area (Å²) in [5.41, 5.74) is 0. The molecule has 0 aromatic heterocycles. The Kier molecular flexibility index (Phi) is 176. The van der Waals surface area contributed by atoms with E-state index >= 15 is 0 Å². The Hall–Kier alpha value is 2.09. The maximum absolute atomic E-state index is 0. The predicted molar refractivity (Wildman–Crippen MR) is 13.6 cm³/mol. The minimum atomic E-state index is 0. The Morgan fingerprint density at radius 3 is 1.00 bits per heavy atom. The Morgan fingerprint density at radius 2 is 1.00 bits per heavy atom. The van der Waals surface area contributed by atoms with Crippen LogP contribution in [0.3, 0.4) is 0 Å². The average Bonchev–Trinajstić information content (AvgIpc) is 0. The van der Waals surface area contributed by atoms with Crippen molar-refractivity contribution in [2.75, 3.05) is 0 Å². The van der Waals surface area contributed by atoms with Crippen LogP contribution >= 0.6 is 0 Å². The van der Waals surface area contributed by atoms with Crippen molar-refractivity contribution in [2.24, 2.45) is 0 Å². The minimum Gasteiger partial charge on any atom is -0.412 e. The van der Waals surface area contributed by atoms with E-state index in [4.69, 9.17) is 0 Å². The van der Waals surface area contributed by atoms with Gasteiger partial charge in [0.2, 0.25) is 0 Å². The topological polar surface area (TPSA) is 31.5 Å². The van der Waals surface area contributed by atoms with Gasteiger partial charge in [-0.05, 0) is 0 Å². The molecule has 1 nitrogen and oxygen atoms in total. The normalized spacial score (nSPS) is 0. The second-order valence-corrected chi connectivity index (χ2v) is 0. The van der Waals surface area contributed by atoms with Gasteiger partial charge in [0.1, 0.15) is 0 Å². The fraction of sp³-hybridized carbons (Fsp3) is 0. The molecule has 0 fully saturated rings. The fourth-order valence-electron chi connectivity index (χ4n) is 0. The summed E-state index contributed by atoms with van der Waals surface area (Å²) >= 11 is 0. The number of rotatable bonds is 0. The van der Waals surface area contributed by atoms with Crippen LogP contribution in [-0.2, 0) is 47.9 Å². The van der Waals surface area contributed by atoms with E-state index in [1.807, 2.05) is 0 Å². The molecule has 0 rings (SSSR count). The molecular weight excluding hydrogens is 182 g/mol. The summed E-state index contributed by atoms with van der Waals surface area (Å²) in [5, 5.41) is 0. The molecule has 0 saturated carbocycles. The molecule has 0 aliphatic carbocycles. The van der Waals surface area contributed by atoms with Crippen molar-refractivity contribution in [1.29, 1.82) is 0 Å². The molecule has 0 saturated heterocycles. The molecule has 0 aromatic carbocycles. The maximum Gasteiger partial charge on any atom is 0.187 e. The maximum atomic E-state index is 0. The van der Waals surface area contributed by atoms with Gasteiger partial charge >= 0.3 is 0 Å². The molecule has 0 aromatic rings. The first-order valence-electron chi connectivity index (χ1n) is 0. The first-order valence-corrected chi connectivity index (χ1v) is 0. The summed E-state index contributed by atoms with van der Waals surface area (Å²) in [6.45, 7) is 0. The van der Waals surface area contributed by atoms with Gasteiger partial charge in [0, 0.05) is 47.9 Å². The number of hydrogen-bond acceptors (Lipinski definition) is 0. The summed E-state index contributed by atoms with van der Waals surface area (Å²) in [6, 6.07) is 0. The van der Waals surface area contributed by atoms with Gasteiger partial charge in [-0.1, -0.05) is 0 Å². The molecule has 0 spiro atoms.